The molecule has 0 aromatic heterocycles. The number of piperidine rings is 2. The third-order valence-electron chi connectivity index (χ3n) is 8.40. The number of carbonyl (C=O) groups is 3. The summed E-state index contributed by atoms with van der Waals surface area (Å²) in [6, 6.07) is 6.07. The maximum Gasteiger partial charge on any atom is 0.255 e. The van der Waals surface area contributed by atoms with Crippen LogP contribution in [0.5, 0.6) is 0 Å². The van der Waals surface area contributed by atoms with E-state index in [0.717, 1.165) is 50.5 Å². The van der Waals surface area contributed by atoms with Gasteiger partial charge < -0.3 is 15.0 Å². The predicted molar refractivity (Wildman–Crippen MR) is 116 cm³/mol. The number of nitrogens with zero attached hydrogens (tertiary/aromatic N) is 2. The minimum absolute atomic E-state index is 0.102. The summed E-state index contributed by atoms with van der Waals surface area (Å²) in [6.07, 6.45) is 3.08. The topological polar surface area (TPSA) is 91.0 Å². The van der Waals surface area contributed by atoms with E-state index in [2.05, 4.69) is 21.6 Å². The Morgan fingerprint density at radius 1 is 1.12 bits per heavy atom. The van der Waals surface area contributed by atoms with Gasteiger partial charge in [-0.15, -0.1) is 0 Å². The molecular weight excluding hydrogens is 408 g/mol. The molecule has 32 heavy (non-hydrogen) atoms. The third-order valence-corrected chi connectivity index (χ3v) is 8.40. The third kappa shape index (κ3) is 3.19. The van der Waals surface area contributed by atoms with Gasteiger partial charge in [0.1, 0.15) is 6.04 Å². The number of fused-ring (bicyclic) bond motifs is 3. The Kier molecular flexibility index (Phi) is 4.85. The number of imide groups is 1. The molecule has 1 aromatic rings. The fourth-order valence-corrected chi connectivity index (χ4v) is 6.69. The molecule has 5 aliphatic rings. The molecule has 8 nitrogen and oxygen atoms in total. The van der Waals surface area contributed by atoms with Crippen molar-refractivity contribution in [2.45, 2.75) is 50.9 Å². The Morgan fingerprint density at radius 3 is 2.78 bits per heavy atom. The Morgan fingerprint density at radius 2 is 1.97 bits per heavy atom. The lowest BCUT2D eigenvalue weighted by molar-refractivity contribution is -0.136. The lowest BCUT2D eigenvalue weighted by Gasteiger charge is -2.37. The highest BCUT2D eigenvalue weighted by Gasteiger charge is 2.54. The zero-order chi connectivity index (χ0) is 21.9. The number of likely N-dealkylation sites (tertiary alicyclic amines) is 1. The van der Waals surface area contributed by atoms with E-state index in [4.69, 9.17) is 4.74 Å². The molecular formula is C24H30N4O4. The Bertz CT molecular complexity index is 973. The minimum atomic E-state index is -0.564. The summed E-state index contributed by atoms with van der Waals surface area (Å²) < 4.78 is 5.91. The summed E-state index contributed by atoms with van der Waals surface area (Å²) in [6.45, 7) is 6.18. The molecule has 1 spiro atoms. The number of amides is 3. The first kappa shape index (κ1) is 20.3. The van der Waals surface area contributed by atoms with Crippen LogP contribution in [0.25, 0.3) is 0 Å². The lowest BCUT2D eigenvalue weighted by atomic mass is 9.70. The van der Waals surface area contributed by atoms with Gasteiger partial charge in [0.25, 0.3) is 5.91 Å². The highest BCUT2D eigenvalue weighted by Crippen LogP contribution is 2.49. The van der Waals surface area contributed by atoms with Crippen LogP contribution in [0.2, 0.25) is 0 Å². The average molecular weight is 439 g/mol. The molecule has 6 rings (SSSR count). The number of benzene rings is 1. The van der Waals surface area contributed by atoms with Crippen molar-refractivity contribution in [2.24, 2.45) is 11.3 Å². The molecule has 1 unspecified atom stereocenters. The zero-order valence-corrected chi connectivity index (χ0v) is 18.3. The molecule has 1 aromatic carbocycles. The van der Waals surface area contributed by atoms with Crippen molar-refractivity contribution >= 4 is 17.7 Å². The van der Waals surface area contributed by atoms with Crippen LogP contribution in [-0.2, 0) is 27.4 Å². The molecule has 5 aliphatic heterocycles. The summed E-state index contributed by atoms with van der Waals surface area (Å²) >= 11 is 0. The average Bonchev–Trinajstić information content (AvgIpc) is 3.46. The van der Waals surface area contributed by atoms with Gasteiger partial charge in [0.15, 0.2) is 0 Å². The van der Waals surface area contributed by atoms with Crippen LogP contribution in [0.3, 0.4) is 0 Å². The second-order valence-electron chi connectivity index (χ2n) is 10.1. The molecule has 8 heteroatoms. The smallest absolute Gasteiger partial charge is 0.255 e. The van der Waals surface area contributed by atoms with Gasteiger partial charge in [0, 0.05) is 43.6 Å². The maximum atomic E-state index is 13.2. The predicted octanol–water partition coefficient (Wildman–Crippen LogP) is 0.648. The number of rotatable bonds is 3. The molecule has 170 valence electrons. The van der Waals surface area contributed by atoms with Gasteiger partial charge in [0.2, 0.25) is 11.8 Å². The molecule has 0 radical (unpaired) electrons. The Balaban J connectivity index is 1.20. The molecule has 3 atom stereocenters. The second kappa shape index (κ2) is 7.64. The first-order valence-corrected chi connectivity index (χ1v) is 11.8. The largest absolute Gasteiger partial charge is 0.379 e. The zero-order valence-electron chi connectivity index (χ0n) is 18.3. The van der Waals surface area contributed by atoms with Crippen molar-refractivity contribution in [3.63, 3.8) is 0 Å². The summed E-state index contributed by atoms with van der Waals surface area (Å²) in [5.41, 5.74) is 3.14. The first-order chi connectivity index (χ1) is 15.5. The van der Waals surface area contributed by atoms with Crippen LogP contribution < -0.4 is 10.6 Å². The summed E-state index contributed by atoms with van der Waals surface area (Å²) in [5.74, 6) is -0.124. The van der Waals surface area contributed by atoms with Gasteiger partial charge >= 0.3 is 0 Å². The van der Waals surface area contributed by atoms with E-state index in [1.807, 2.05) is 12.1 Å². The van der Waals surface area contributed by atoms with E-state index < -0.39 is 6.04 Å². The maximum absolute atomic E-state index is 13.2. The highest BCUT2D eigenvalue weighted by molar-refractivity contribution is 6.05. The Hall–Kier alpha value is -2.29. The van der Waals surface area contributed by atoms with Crippen LogP contribution in [0.15, 0.2) is 18.2 Å². The van der Waals surface area contributed by atoms with E-state index in [-0.39, 0.29) is 24.1 Å². The monoisotopic (exact) mass is 438 g/mol. The fraction of sp³-hybridized carbons (Fsp3) is 0.625. The number of hydrogen-bond acceptors (Lipinski definition) is 6. The van der Waals surface area contributed by atoms with Crippen molar-refractivity contribution < 1.29 is 19.1 Å². The van der Waals surface area contributed by atoms with Crippen molar-refractivity contribution in [2.75, 3.05) is 32.8 Å². The van der Waals surface area contributed by atoms with Gasteiger partial charge in [0.05, 0.1) is 13.2 Å². The molecule has 2 N–H and O–H groups in total. The summed E-state index contributed by atoms with van der Waals surface area (Å²) in [4.78, 5) is 41.1. The quantitative estimate of drug-likeness (QED) is 0.674. The second-order valence-corrected chi connectivity index (χ2v) is 10.1. The lowest BCUT2D eigenvalue weighted by Crippen LogP contribution is -2.52. The summed E-state index contributed by atoms with van der Waals surface area (Å²) in [5, 5.41) is 5.87. The Labute approximate surface area is 187 Å². The first-order valence-electron chi connectivity index (χ1n) is 11.8. The van der Waals surface area contributed by atoms with E-state index in [0.29, 0.717) is 35.9 Å². The van der Waals surface area contributed by atoms with E-state index in [1.54, 1.807) is 4.90 Å². The van der Waals surface area contributed by atoms with E-state index >= 15 is 0 Å². The van der Waals surface area contributed by atoms with Crippen LogP contribution in [0.1, 0.15) is 47.2 Å². The standard InChI is InChI=1S/C24H30N4O4/c29-21-4-3-19(22(30)26-21)28-11-16-2-1-15(9-17(16)23(28)31)10-27-14-24(5-7-25-8-6-24)18-12-32-13-20(18)27/h1-2,9,18-20,25H,3-8,10-14H2,(H,26,29,30)/t18-,19?,20+/m1/s1. The SMILES string of the molecule is O=C1CCC(N2Cc3ccc(CN4CC5(CCNCC5)[C@@H]5COC[C@@H]54)cc3C2=O)C(=O)N1. The molecule has 3 amide bonds. The minimum Gasteiger partial charge on any atom is -0.379 e. The fourth-order valence-electron chi connectivity index (χ4n) is 6.69. The molecule has 4 fully saturated rings. The van der Waals surface area contributed by atoms with Crippen molar-refractivity contribution in [1.29, 1.82) is 0 Å². The van der Waals surface area contributed by atoms with Crippen LogP contribution >= 0.6 is 0 Å². The van der Waals surface area contributed by atoms with E-state index in [1.165, 1.54) is 12.8 Å². The van der Waals surface area contributed by atoms with Crippen molar-refractivity contribution in [1.82, 2.24) is 20.4 Å². The highest BCUT2D eigenvalue weighted by atomic mass is 16.5. The molecule has 5 heterocycles. The number of carbonyl (C=O) groups excluding carboxylic acids is 3. The van der Waals surface area contributed by atoms with Gasteiger partial charge in [-0.25, -0.2) is 0 Å². The molecule has 4 saturated heterocycles. The van der Waals surface area contributed by atoms with Crippen molar-refractivity contribution in [3.8, 4) is 0 Å². The van der Waals surface area contributed by atoms with Gasteiger partial charge in [-0.3, -0.25) is 24.6 Å². The molecule has 0 saturated carbocycles. The van der Waals surface area contributed by atoms with Gasteiger partial charge in [-0.2, -0.15) is 0 Å². The van der Waals surface area contributed by atoms with Crippen LogP contribution in [-0.4, -0.2) is 72.5 Å². The molecule has 0 aliphatic carbocycles. The number of ether oxygens (including phenoxy) is 1. The molecule has 0 bridgehead atoms. The van der Waals surface area contributed by atoms with E-state index in [9.17, 15) is 14.4 Å². The van der Waals surface area contributed by atoms with Gasteiger partial charge in [-0.1, -0.05) is 12.1 Å². The van der Waals surface area contributed by atoms with Crippen LogP contribution in [0.4, 0.5) is 0 Å². The van der Waals surface area contributed by atoms with Crippen LogP contribution in [0, 0.1) is 11.3 Å². The number of hydrogen-bond donors (Lipinski definition) is 2. The van der Waals surface area contributed by atoms with Crippen molar-refractivity contribution in [3.05, 3.63) is 34.9 Å². The normalized spacial score (nSPS) is 31.8. The summed E-state index contributed by atoms with van der Waals surface area (Å²) in [7, 11) is 0. The van der Waals surface area contributed by atoms with Gasteiger partial charge in [-0.05, 0) is 55.0 Å². The number of nitrogens with one attached hydrogen (secondary N) is 2.